The molecule has 158 valence electrons. The van der Waals surface area contributed by atoms with E-state index >= 15 is 0 Å². The Labute approximate surface area is 167 Å². The molecule has 0 aromatic heterocycles. The van der Waals surface area contributed by atoms with Crippen molar-refractivity contribution in [2.24, 2.45) is 0 Å². The number of hydrogen-bond donors (Lipinski definition) is 1. The average Bonchev–Trinajstić information content (AvgIpc) is 2.58. The minimum Gasteiger partial charge on any atom is -0.493 e. The van der Waals surface area contributed by atoms with Gasteiger partial charge in [0, 0.05) is 19.1 Å². The summed E-state index contributed by atoms with van der Waals surface area (Å²) in [5.74, 6) is 1.18. The van der Waals surface area contributed by atoms with Crippen molar-refractivity contribution >= 4 is 0 Å². The Morgan fingerprint density at radius 3 is 2.50 bits per heavy atom. The van der Waals surface area contributed by atoms with E-state index in [2.05, 4.69) is 4.90 Å². The van der Waals surface area contributed by atoms with Gasteiger partial charge < -0.3 is 19.3 Å². The van der Waals surface area contributed by atoms with E-state index in [-0.39, 0.29) is 24.4 Å². The molecule has 2 heterocycles. The van der Waals surface area contributed by atoms with Crippen molar-refractivity contribution in [3.8, 4) is 11.5 Å². The molecular weight excluding hydrogens is 361 g/mol. The van der Waals surface area contributed by atoms with E-state index < -0.39 is 11.8 Å². The maximum atomic E-state index is 13.9. The molecule has 0 saturated carbocycles. The van der Waals surface area contributed by atoms with Gasteiger partial charge in [0.1, 0.15) is 12.3 Å². The normalized spacial score (nSPS) is 25.8. The van der Waals surface area contributed by atoms with Crippen molar-refractivity contribution in [2.75, 3.05) is 26.8 Å². The summed E-state index contributed by atoms with van der Waals surface area (Å²) in [4.78, 5) is 2.39. The van der Waals surface area contributed by atoms with Crippen LogP contribution in [0.2, 0.25) is 0 Å². The highest BCUT2D eigenvalue weighted by molar-refractivity contribution is 5.49. The third kappa shape index (κ3) is 4.97. The number of methoxy groups -OCH3 is 1. The van der Waals surface area contributed by atoms with Gasteiger partial charge in [0.2, 0.25) is 0 Å². The first-order valence-corrected chi connectivity index (χ1v) is 10.1. The van der Waals surface area contributed by atoms with Crippen LogP contribution in [0.1, 0.15) is 58.2 Å². The molecule has 2 aliphatic rings. The number of aliphatic hydroxyl groups excluding tert-OH is 1. The fraction of sp³-hybridized carbons (Fsp3) is 0.727. The van der Waals surface area contributed by atoms with Gasteiger partial charge in [-0.1, -0.05) is 0 Å². The topological polar surface area (TPSA) is 51.2 Å². The molecule has 5 nitrogen and oxygen atoms in total. The van der Waals surface area contributed by atoms with E-state index in [1.54, 1.807) is 7.11 Å². The first-order valence-electron chi connectivity index (χ1n) is 10.1. The van der Waals surface area contributed by atoms with Gasteiger partial charge in [0.15, 0.2) is 11.5 Å². The van der Waals surface area contributed by atoms with E-state index in [9.17, 15) is 9.50 Å². The van der Waals surface area contributed by atoms with Crippen LogP contribution in [0.4, 0.5) is 4.39 Å². The number of piperidine rings is 1. The third-order valence-corrected chi connectivity index (χ3v) is 5.28. The number of fused-ring (bicyclic) bond motifs is 3. The standard InChI is InChI=1S/C22H34FNO4/c1-21(2,3)28-20-12-24-8-7-14-9-19(27-13-22(4,5)23)18(26-6)10-15(14)16(24)11-17(20)25/h9-10,16-17,20,25H,7-8,11-13H2,1-6H3/t16-,17-,20-/m1/s1. The van der Waals surface area contributed by atoms with Crippen LogP contribution >= 0.6 is 0 Å². The Morgan fingerprint density at radius 2 is 1.89 bits per heavy atom. The summed E-state index contributed by atoms with van der Waals surface area (Å²) in [6, 6.07) is 4.09. The molecule has 0 aliphatic carbocycles. The van der Waals surface area contributed by atoms with Gasteiger partial charge in [-0.3, -0.25) is 4.90 Å². The van der Waals surface area contributed by atoms with Crippen LogP contribution < -0.4 is 9.47 Å². The molecule has 0 amide bonds. The van der Waals surface area contributed by atoms with Crippen LogP contribution in [0.15, 0.2) is 12.1 Å². The molecule has 1 N–H and O–H groups in total. The molecular formula is C22H34FNO4. The molecule has 0 bridgehead atoms. The molecule has 1 fully saturated rings. The molecule has 28 heavy (non-hydrogen) atoms. The van der Waals surface area contributed by atoms with E-state index in [1.807, 2.05) is 32.9 Å². The second-order valence-corrected chi connectivity index (χ2v) is 9.54. The van der Waals surface area contributed by atoms with E-state index in [1.165, 1.54) is 19.4 Å². The number of alkyl halides is 1. The SMILES string of the molecule is COc1cc2c(cc1OCC(C)(C)F)CCN1C[C@@H](OC(C)(C)C)[C@H](O)C[C@H]21. The Morgan fingerprint density at radius 1 is 1.18 bits per heavy atom. The predicted molar refractivity (Wildman–Crippen MR) is 107 cm³/mol. The van der Waals surface area contributed by atoms with Crippen molar-refractivity contribution in [2.45, 2.75) is 77.0 Å². The molecule has 2 aliphatic heterocycles. The van der Waals surface area contributed by atoms with Crippen LogP contribution in [0.5, 0.6) is 11.5 Å². The zero-order valence-electron chi connectivity index (χ0n) is 17.9. The summed E-state index contributed by atoms with van der Waals surface area (Å²) in [5.41, 5.74) is 0.637. The quantitative estimate of drug-likeness (QED) is 0.824. The number of halogens is 1. The Balaban J connectivity index is 1.82. The average molecular weight is 396 g/mol. The summed E-state index contributed by atoms with van der Waals surface area (Å²) in [7, 11) is 1.60. The molecule has 0 radical (unpaired) electrons. The van der Waals surface area contributed by atoms with Crippen molar-refractivity contribution in [1.82, 2.24) is 4.90 Å². The summed E-state index contributed by atoms with van der Waals surface area (Å²) < 4.78 is 31.2. The Kier molecular flexibility index (Phi) is 5.95. The first kappa shape index (κ1) is 21.3. The number of hydrogen-bond acceptors (Lipinski definition) is 5. The van der Waals surface area contributed by atoms with Crippen LogP contribution in [0.25, 0.3) is 0 Å². The van der Waals surface area contributed by atoms with E-state index in [0.717, 1.165) is 18.5 Å². The Bertz CT molecular complexity index is 695. The highest BCUT2D eigenvalue weighted by Gasteiger charge is 2.40. The van der Waals surface area contributed by atoms with Gasteiger partial charge in [-0.25, -0.2) is 4.39 Å². The second kappa shape index (κ2) is 7.81. The van der Waals surface area contributed by atoms with E-state index in [4.69, 9.17) is 14.2 Å². The minimum absolute atomic E-state index is 0.0256. The zero-order valence-corrected chi connectivity index (χ0v) is 17.9. The lowest BCUT2D eigenvalue weighted by atomic mass is 9.84. The molecule has 1 aromatic carbocycles. The van der Waals surface area contributed by atoms with Gasteiger partial charge >= 0.3 is 0 Å². The third-order valence-electron chi connectivity index (χ3n) is 5.28. The lowest BCUT2D eigenvalue weighted by Gasteiger charge is -2.46. The number of nitrogens with zero attached hydrogens (tertiary/aromatic N) is 1. The number of rotatable bonds is 5. The maximum Gasteiger partial charge on any atom is 0.161 e. The van der Waals surface area contributed by atoms with Gasteiger partial charge in [0.25, 0.3) is 0 Å². The molecule has 1 aromatic rings. The van der Waals surface area contributed by atoms with Crippen LogP contribution in [-0.4, -0.2) is 60.3 Å². The maximum absolute atomic E-state index is 13.9. The summed E-state index contributed by atoms with van der Waals surface area (Å²) in [5, 5.41) is 10.7. The van der Waals surface area contributed by atoms with E-state index in [0.29, 0.717) is 24.5 Å². The number of ether oxygens (including phenoxy) is 3. The Hall–Kier alpha value is -1.37. The van der Waals surface area contributed by atoms with Crippen molar-refractivity contribution in [1.29, 1.82) is 0 Å². The summed E-state index contributed by atoms with van der Waals surface area (Å²) >= 11 is 0. The zero-order chi connectivity index (χ0) is 20.7. The highest BCUT2D eigenvalue weighted by atomic mass is 19.1. The largest absolute Gasteiger partial charge is 0.493 e. The van der Waals surface area contributed by atoms with Gasteiger partial charge in [-0.15, -0.1) is 0 Å². The minimum atomic E-state index is -1.41. The summed E-state index contributed by atoms with van der Waals surface area (Å²) in [6.07, 6.45) is 0.799. The summed E-state index contributed by atoms with van der Waals surface area (Å²) in [6.45, 7) is 10.6. The second-order valence-electron chi connectivity index (χ2n) is 9.54. The lowest BCUT2D eigenvalue weighted by molar-refractivity contribution is -0.149. The van der Waals surface area contributed by atoms with Crippen molar-refractivity contribution in [3.63, 3.8) is 0 Å². The molecule has 3 atom stereocenters. The molecule has 3 rings (SSSR count). The fourth-order valence-corrected chi connectivity index (χ4v) is 4.08. The smallest absolute Gasteiger partial charge is 0.161 e. The van der Waals surface area contributed by atoms with Crippen molar-refractivity contribution in [3.05, 3.63) is 23.3 Å². The van der Waals surface area contributed by atoms with Gasteiger partial charge in [-0.2, -0.15) is 0 Å². The predicted octanol–water partition coefficient (Wildman–Crippen LogP) is 3.67. The molecule has 6 heteroatoms. The highest BCUT2D eigenvalue weighted by Crippen LogP contribution is 2.42. The monoisotopic (exact) mass is 395 g/mol. The lowest BCUT2D eigenvalue weighted by Crippen LogP contribution is -2.53. The molecule has 0 unspecified atom stereocenters. The molecule has 1 saturated heterocycles. The molecule has 0 spiro atoms. The fourth-order valence-electron chi connectivity index (χ4n) is 4.08. The van der Waals surface area contributed by atoms with Crippen LogP contribution in [0.3, 0.4) is 0 Å². The van der Waals surface area contributed by atoms with Crippen LogP contribution in [-0.2, 0) is 11.2 Å². The van der Waals surface area contributed by atoms with Crippen LogP contribution in [0, 0.1) is 0 Å². The number of benzene rings is 1. The first-order chi connectivity index (χ1) is 13.0. The number of aliphatic hydroxyl groups is 1. The van der Waals surface area contributed by atoms with Gasteiger partial charge in [0.05, 0.1) is 24.9 Å². The van der Waals surface area contributed by atoms with Crippen molar-refractivity contribution < 1.29 is 23.7 Å². The van der Waals surface area contributed by atoms with Gasteiger partial charge in [-0.05, 0) is 70.7 Å².